The summed E-state index contributed by atoms with van der Waals surface area (Å²) in [5, 5.41) is 0. The van der Waals surface area contributed by atoms with Gasteiger partial charge < -0.3 is 0 Å². The Hall–Kier alpha value is 2.10. The van der Waals surface area contributed by atoms with E-state index in [0.29, 0.717) is 0 Å². The van der Waals surface area contributed by atoms with Crippen LogP contribution < -0.4 is 0 Å². The number of hydrogen-bond acceptors (Lipinski definition) is 0. The molecule has 0 saturated heterocycles. The Kier molecular flexibility index (Phi) is 175. The second-order valence-corrected chi connectivity index (χ2v) is 0. The summed E-state index contributed by atoms with van der Waals surface area (Å²) in [6, 6.07) is 0. The molecule has 0 saturated carbocycles. The Morgan fingerprint density at radius 3 is 0.500 bits per heavy atom. The molecular weight excluding hydrogens is 263 g/mol. The van der Waals surface area contributed by atoms with E-state index >= 15 is 0 Å². The summed E-state index contributed by atoms with van der Waals surface area (Å²) in [6.45, 7) is 0. The molecule has 0 aromatic carbocycles. The molecule has 0 aromatic heterocycles. The maximum Gasteiger partial charge on any atom is 0 e. The maximum absolute atomic E-state index is 0. The van der Waals surface area contributed by atoms with Crippen LogP contribution in [0.5, 0.6) is 0 Å². The molecule has 4 heteroatoms. The van der Waals surface area contributed by atoms with Gasteiger partial charge in [-0.1, -0.05) is 0 Å². The fourth-order valence-corrected chi connectivity index (χ4v) is 0. The first-order valence-electron chi connectivity index (χ1n) is 0. The molecule has 0 atom stereocenters. The normalized spacial score (nSPS) is 0. The third-order valence-corrected chi connectivity index (χ3v) is 0. The van der Waals surface area contributed by atoms with Crippen LogP contribution in [0, 0.1) is 0 Å². The van der Waals surface area contributed by atoms with Crippen LogP contribution in [0.3, 0.4) is 0 Å². The van der Waals surface area contributed by atoms with Gasteiger partial charge in [-0.15, -0.1) is 0 Å². The Labute approximate surface area is 68.3 Å². The van der Waals surface area contributed by atoms with E-state index in [0.717, 1.165) is 0 Å². The second kappa shape index (κ2) is 19.4. The standard InChI is InChI=1S/3Cu.Ge. The molecule has 0 bridgehead atoms. The SMILES string of the molecule is [Cu].[Cu].[Cu].[Ge]. The summed E-state index contributed by atoms with van der Waals surface area (Å²) in [4.78, 5) is 0. The van der Waals surface area contributed by atoms with Crippen molar-refractivity contribution in [1.82, 2.24) is 0 Å². The third-order valence-electron chi connectivity index (χ3n) is 0. The average Bonchev–Trinajstić information content (AvgIpc) is 0. The van der Waals surface area contributed by atoms with Crippen LogP contribution >= 0.6 is 0 Å². The van der Waals surface area contributed by atoms with Gasteiger partial charge in [-0.2, -0.15) is 0 Å². The molecule has 0 fully saturated rings. The summed E-state index contributed by atoms with van der Waals surface area (Å²) in [7, 11) is 0. The zero-order valence-corrected chi connectivity index (χ0v) is 6.33. The molecule has 0 unspecified atom stereocenters. The Morgan fingerprint density at radius 2 is 0.500 bits per heavy atom. The van der Waals surface area contributed by atoms with E-state index < -0.39 is 0 Å². The van der Waals surface area contributed by atoms with E-state index in [2.05, 4.69) is 0 Å². The molecule has 0 spiro atoms. The van der Waals surface area contributed by atoms with E-state index in [1.807, 2.05) is 0 Å². The summed E-state index contributed by atoms with van der Waals surface area (Å²) in [5.41, 5.74) is 0. The molecule has 0 aliphatic carbocycles. The van der Waals surface area contributed by atoms with Crippen molar-refractivity contribution in [2.45, 2.75) is 0 Å². The molecule has 37 valence electrons. The van der Waals surface area contributed by atoms with Gasteiger partial charge in [-0.3, -0.25) is 0 Å². The van der Waals surface area contributed by atoms with Gasteiger partial charge in [0.1, 0.15) is 0 Å². The Morgan fingerprint density at radius 1 is 0.500 bits per heavy atom. The minimum absolute atomic E-state index is 0. The van der Waals surface area contributed by atoms with Crippen molar-refractivity contribution in [3.63, 3.8) is 0 Å². The van der Waals surface area contributed by atoms with Gasteiger partial charge in [0.2, 0.25) is 0 Å². The summed E-state index contributed by atoms with van der Waals surface area (Å²) < 4.78 is 0. The minimum Gasteiger partial charge on any atom is 0 e. The molecule has 0 rings (SSSR count). The number of hydrogen-bond donors (Lipinski definition) is 0. The predicted octanol–water partition coefficient (Wildman–Crippen LogP) is -0.388. The average molecular weight is 263 g/mol. The van der Waals surface area contributed by atoms with Crippen LogP contribution in [0.15, 0.2) is 0 Å². The van der Waals surface area contributed by atoms with E-state index in [4.69, 9.17) is 0 Å². The van der Waals surface area contributed by atoms with Crippen LogP contribution in [0.4, 0.5) is 0 Å². The largest absolute Gasteiger partial charge is 0 e. The second-order valence-electron chi connectivity index (χ2n) is 0. The van der Waals surface area contributed by atoms with Gasteiger partial charge >= 0.3 is 0 Å². The van der Waals surface area contributed by atoms with Crippen molar-refractivity contribution in [1.29, 1.82) is 0 Å². The van der Waals surface area contributed by atoms with Crippen LogP contribution in [-0.2, 0) is 51.2 Å². The van der Waals surface area contributed by atoms with Crippen molar-refractivity contribution in [3.05, 3.63) is 0 Å². The van der Waals surface area contributed by atoms with Crippen molar-refractivity contribution in [2.24, 2.45) is 0 Å². The van der Waals surface area contributed by atoms with Gasteiger partial charge in [0.25, 0.3) is 0 Å². The monoisotopic (exact) mass is 263 g/mol. The molecule has 0 amide bonds. The van der Waals surface area contributed by atoms with Crippen LogP contribution in [0.1, 0.15) is 0 Å². The van der Waals surface area contributed by atoms with E-state index in [-0.39, 0.29) is 68.8 Å². The quantitative estimate of drug-likeness (QED) is 0.522. The zero-order valence-electron chi connectivity index (χ0n) is 1.40. The topological polar surface area (TPSA) is 0 Å². The van der Waals surface area contributed by atoms with Gasteiger partial charge in [0.05, 0.1) is 0 Å². The van der Waals surface area contributed by atoms with Crippen LogP contribution in [0.25, 0.3) is 0 Å². The molecule has 0 aliphatic rings. The maximum atomic E-state index is 0. The third kappa shape index (κ3) is 8.93. The molecule has 0 aliphatic heterocycles. The predicted molar refractivity (Wildman–Crippen MR) is 5.75 cm³/mol. The van der Waals surface area contributed by atoms with Gasteiger partial charge in [-0.25, -0.2) is 0 Å². The first kappa shape index (κ1) is 36.0. The first-order chi connectivity index (χ1) is 0. The summed E-state index contributed by atoms with van der Waals surface area (Å²) in [5.74, 6) is 0. The van der Waals surface area contributed by atoms with E-state index in [1.54, 1.807) is 0 Å². The molecule has 4 heavy (non-hydrogen) atoms. The van der Waals surface area contributed by atoms with Crippen LogP contribution in [-0.4, -0.2) is 17.6 Å². The van der Waals surface area contributed by atoms with Crippen molar-refractivity contribution >= 4 is 17.6 Å². The van der Waals surface area contributed by atoms with Gasteiger partial charge in [0.15, 0.2) is 0 Å². The summed E-state index contributed by atoms with van der Waals surface area (Å²) >= 11 is 0. The minimum atomic E-state index is 0. The molecule has 7 radical (unpaired) electrons. The molecule has 0 N–H and O–H groups in total. The van der Waals surface area contributed by atoms with Gasteiger partial charge in [0, 0.05) is 68.8 Å². The molecule has 0 aromatic rings. The molecule has 0 heterocycles. The number of rotatable bonds is 0. The van der Waals surface area contributed by atoms with E-state index in [9.17, 15) is 0 Å². The first-order valence-corrected chi connectivity index (χ1v) is 0. The van der Waals surface area contributed by atoms with Crippen molar-refractivity contribution in [3.8, 4) is 0 Å². The molecule has 0 nitrogen and oxygen atoms in total. The fourth-order valence-electron chi connectivity index (χ4n) is 0. The van der Waals surface area contributed by atoms with Crippen molar-refractivity contribution in [2.75, 3.05) is 0 Å². The summed E-state index contributed by atoms with van der Waals surface area (Å²) in [6.07, 6.45) is 0. The molecular formula is Cu3Ge. The van der Waals surface area contributed by atoms with E-state index in [1.165, 1.54) is 0 Å². The van der Waals surface area contributed by atoms with Crippen molar-refractivity contribution < 1.29 is 51.2 Å². The zero-order chi connectivity index (χ0) is 0. The smallest absolute Gasteiger partial charge is 0 e. The Balaban J connectivity index is 0. The fraction of sp³-hybridized carbons (Fsp3) is 0. The van der Waals surface area contributed by atoms with Crippen LogP contribution in [0.2, 0.25) is 0 Å². The Bertz CT molecular complexity index is 3.25. The van der Waals surface area contributed by atoms with Gasteiger partial charge in [-0.05, 0) is 0 Å².